The smallest absolute Gasteiger partial charge is 0.0991 e. The van der Waals surface area contributed by atoms with E-state index in [-0.39, 0.29) is 0 Å². The summed E-state index contributed by atoms with van der Waals surface area (Å²) < 4.78 is 2.28. The Kier molecular flexibility index (Phi) is 4.08. The average Bonchev–Trinajstić information content (AvgIpc) is 2.92. The first-order valence-electron chi connectivity index (χ1n) is 7.71. The van der Waals surface area contributed by atoms with Crippen LogP contribution in [0.5, 0.6) is 0 Å². The minimum absolute atomic E-state index is 0.515. The molecule has 0 bridgehead atoms. The molecule has 108 valence electrons. The van der Waals surface area contributed by atoms with Crippen LogP contribution < -0.4 is 5.32 Å². The number of nitrogens with one attached hydrogen (secondary N) is 1. The highest BCUT2D eigenvalue weighted by Gasteiger charge is 2.21. The molecule has 0 saturated carbocycles. The highest BCUT2D eigenvalue weighted by Crippen LogP contribution is 2.30. The van der Waals surface area contributed by atoms with Crippen LogP contribution in [-0.4, -0.2) is 11.1 Å². The van der Waals surface area contributed by atoms with Gasteiger partial charge in [0.25, 0.3) is 0 Å². The summed E-state index contributed by atoms with van der Waals surface area (Å²) in [5.74, 6) is 0. The van der Waals surface area contributed by atoms with Crippen LogP contribution in [0.4, 0.5) is 0 Å². The number of aromatic nitrogens is 1. The maximum Gasteiger partial charge on any atom is 0.0991 e. The third-order valence-electron chi connectivity index (χ3n) is 4.21. The Morgan fingerprint density at radius 1 is 1.29 bits per heavy atom. The van der Waals surface area contributed by atoms with Gasteiger partial charge in [-0.2, -0.15) is 5.26 Å². The fourth-order valence-corrected chi connectivity index (χ4v) is 3.19. The third kappa shape index (κ3) is 3.01. The summed E-state index contributed by atoms with van der Waals surface area (Å²) in [7, 11) is 0. The number of rotatable bonds is 4. The molecule has 0 amide bonds. The van der Waals surface area contributed by atoms with Crippen molar-refractivity contribution in [1.82, 2.24) is 9.88 Å². The second-order valence-electron chi connectivity index (χ2n) is 5.72. The number of nitrogens with zero attached hydrogens (tertiary/aromatic N) is 2. The number of benzene rings is 1. The molecular formula is C18H21N3. The lowest BCUT2D eigenvalue weighted by Gasteiger charge is -2.22. The Morgan fingerprint density at radius 2 is 2.10 bits per heavy atom. The highest BCUT2D eigenvalue weighted by atomic mass is 15.0. The number of hydrogen-bond donors (Lipinski definition) is 1. The molecule has 1 aliphatic rings. The fraction of sp³-hybridized carbons (Fsp3) is 0.389. The monoisotopic (exact) mass is 279 g/mol. The molecule has 0 spiro atoms. The zero-order valence-corrected chi connectivity index (χ0v) is 12.5. The van der Waals surface area contributed by atoms with Gasteiger partial charge in [0.1, 0.15) is 0 Å². The molecule has 0 radical (unpaired) electrons. The first-order valence-corrected chi connectivity index (χ1v) is 7.71. The predicted molar refractivity (Wildman–Crippen MR) is 84.0 cm³/mol. The van der Waals surface area contributed by atoms with Crippen molar-refractivity contribution >= 4 is 0 Å². The summed E-state index contributed by atoms with van der Waals surface area (Å²) in [5.41, 5.74) is 4.91. The molecule has 1 atom stereocenters. The summed E-state index contributed by atoms with van der Waals surface area (Å²) in [4.78, 5) is 0. The summed E-state index contributed by atoms with van der Waals surface area (Å²) in [5, 5.41) is 12.4. The molecule has 1 aromatic carbocycles. The van der Waals surface area contributed by atoms with Gasteiger partial charge in [-0.1, -0.05) is 19.1 Å². The molecule has 1 aliphatic carbocycles. The minimum atomic E-state index is 0.515. The Hall–Kier alpha value is -2.05. The van der Waals surface area contributed by atoms with E-state index >= 15 is 0 Å². The average molecular weight is 279 g/mol. The molecule has 1 heterocycles. The van der Waals surface area contributed by atoms with Gasteiger partial charge in [0.05, 0.1) is 11.6 Å². The van der Waals surface area contributed by atoms with Crippen molar-refractivity contribution in [3.8, 4) is 6.07 Å². The molecule has 0 saturated heterocycles. The maximum absolute atomic E-state index is 8.85. The second kappa shape index (κ2) is 6.15. The van der Waals surface area contributed by atoms with Crippen LogP contribution in [0.15, 0.2) is 36.7 Å². The standard InChI is InChI=1S/C18H21N3/c1-2-20-18-5-3-4-16-12-21(13-17(16)18)11-15-8-6-14(10-19)7-9-15/h6-9,12-13,18,20H,2-5,11H2,1H3. The van der Waals surface area contributed by atoms with Crippen molar-refractivity contribution in [3.63, 3.8) is 0 Å². The van der Waals surface area contributed by atoms with Crippen LogP contribution in [0.1, 0.15) is 48.1 Å². The van der Waals surface area contributed by atoms with E-state index in [0.717, 1.165) is 18.7 Å². The number of aryl methyl sites for hydroxylation is 1. The van der Waals surface area contributed by atoms with Gasteiger partial charge in [0, 0.05) is 25.0 Å². The van der Waals surface area contributed by atoms with Crippen molar-refractivity contribution in [1.29, 1.82) is 5.26 Å². The van der Waals surface area contributed by atoms with E-state index < -0.39 is 0 Å². The van der Waals surface area contributed by atoms with E-state index in [0.29, 0.717) is 6.04 Å². The second-order valence-corrected chi connectivity index (χ2v) is 5.72. The number of fused-ring (bicyclic) bond motifs is 1. The van der Waals surface area contributed by atoms with Gasteiger partial charge in [-0.15, -0.1) is 0 Å². The number of hydrogen-bond acceptors (Lipinski definition) is 2. The molecule has 3 rings (SSSR count). The molecule has 0 aliphatic heterocycles. The van der Waals surface area contributed by atoms with Gasteiger partial charge in [0.15, 0.2) is 0 Å². The van der Waals surface area contributed by atoms with Gasteiger partial charge in [-0.25, -0.2) is 0 Å². The predicted octanol–water partition coefficient (Wildman–Crippen LogP) is 3.39. The molecule has 1 unspecified atom stereocenters. The van der Waals surface area contributed by atoms with Crippen LogP contribution in [-0.2, 0) is 13.0 Å². The lowest BCUT2D eigenvalue weighted by molar-refractivity contribution is 0.473. The Labute approximate surface area is 126 Å². The molecule has 3 heteroatoms. The van der Waals surface area contributed by atoms with E-state index in [2.05, 4.69) is 35.3 Å². The molecule has 1 aromatic heterocycles. The third-order valence-corrected chi connectivity index (χ3v) is 4.21. The van der Waals surface area contributed by atoms with Gasteiger partial charge in [-0.3, -0.25) is 0 Å². The highest BCUT2D eigenvalue weighted by molar-refractivity contribution is 5.33. The lowest BCUT2D eigenvalue weighted by Crippen LogP contribution is -2.23. The van der Waals surface area contributed by atoms with Crippen LogP contribution in [0.3, 0.4) is 0 Å². The van der Waals surface area contributed by atoms with Crippen molar-refractivity contribution in [3.05, 3.63) is 58.9 Å². The van der Waals surface area contributed by atoms with Crippen molar-refractivity contribution in [2.75, 3.05) is 6.54 Å². The maximum atomic E-state index is 8.85. The Balaban J connectivity index is 1.79. The fourth-order valence-electron chi connectivity index (χ4n) is 3.19. The Bertz CT molecular complexity index is 646. The van der Waals surface area contributed by atoms with E-state index in [1.165, 1.54) is 36.0 Å². The molecule has 1 N–H and O–H groups in total. The van der Waals surface area contributed by atoms with Crippen LogP contribution >= 0.6 is 0 Å². The van der Waals surface area contributed by atoms with Gasteiger partial charge < -0.3 is 9.88 Å². The number of nitriles is 1. The largest absolute Gasteiger partial charge is 0.349 e. The Morgan fingerprint density at radius 3 is 2.81 bits per heavy atom. The van der Waals surface area contributed by atoms with Crippen LogP contribution in [0.2, 0.25) is 0 Å². The quantitative estimate of drug-likeness (QED) is 0.932. The SMILES string of the molecule is CCNC1CCCc2cn(Cc3ccc(C#N)cc3)cc21. The molecule has 0 fully saturated rings. The summed E-state index contributed by atoms with van der Waals surface area (Å²) in [6.45, 7) is 4.06. The zero-order valence-electron chi connectivity index (χ0n) is 12.5. The summed E-state index contributed by atoms with van der Waals surface area (Å²) in [6.07, 6.45) is 8.28. The zero-order chi connectivity index (χ0) is 14.7. The lowest BCUT2D eigenvalue weighted by atomic mass is 9.91. The van der Waals surface area contributed by atoms with E-state index in [4.69, 9.17) is 5.26 Å². The van der Waals surface area contributed by atoms with Crippen molar-refractivity contribution < 1.29 is 0 Å². The van der Waals surface area contributed by atoms with E-state index in [1.54, 1.807) is 0 Å². The van der Waals surface area contributed by atoms with Crippen molar-refractivity contribution in [2.24, 2.45) is 0 Å². The first kappa shape index (κ1) is 13.9. The van der Waals surface area contributed by atoms with E-state index in [1.807, 2.05) is 24.3 Å². The normalized spacial score (nSPS) is 17.2. The molecule has 3 nitrogen and oxygen atoms in total. The topological polar surface area (TPSA) is 40.8 Å². The van der Waals surface area contributed by atoms with Crippen LogP contribution in [0.25, 0.3) is 0 Å². The van der Waals surface area contributed by atoms with Gasteiger partial charge in [0.2, 0.25) is 0 Å². The molecule has 21 heavy (non-hydrogen) atoms. The van der Waals surface area contributed by atoms with Crippen molar-refractivity contribution in [2.45, 2.75) is 38.8 Å². The summed E-state index contributed by atoms with van der Waals surface area (Å²) >= 11 is 0. The van der Waals surface area contributed by atoms with Gasteiger partial charge in [-0.05, 0) is 54.6 Å². The first-order chi connectivity index (χ1) is 10.3. The molecular weight excluding hydrogens is 258 g/mol. The van der Waals surface area contributed by atoms with Crippen LogP contribution in [0, 0.1) is 11.3 Å². The minimum Gasteiger partial charge on any atom is -0.349 e. The molecule has 2 aromatic rings. The summed E-state index contributed by atoms with van der Waals surface area (Å²) in [6, 6.07) is 10.5. The van der Waals surface area contributed by atoms with E-state index in [9.17, 15) is 0 Å². The van der Waals surface area contributed by atoms with Gasteiger partial charge >= 0.3 is 0 Å².